The SMILES string of the molecule is CCCCC(NC(=O)c1ccc(Br)c(OC)c1)C(=O)OC. The number of carbonyl (C=O) groups excluding carboxylic acids is 2. The second-order valence-electron chi connectivity index (χ2n) is 4.54. The van der Waals surface area contributed by atoms with Crippen LogP contribution in [0.3, 0.4) is 0 Å². The van der Waals surface area contributed by atoms with E-state index >= 15 is 0 Å². The van der Waals surface area contributed by atoms with Crippen LogP contribution in [-0.4, -0.2) is 32.1 Å². The van der Waals surface area contributed by atoms with Gasteiger partial charge in [-0.3, -0.25) is 4.79 Å². The Morgan fingerprint density at radius 1 is 1.33 bits per heavy atom. The molecule has 1 N–H and O–H groups in total. The Balaban J connectivity index is 2.83. The van der Waals surface area contributed by atoms with Gasteiger partial charge < -0.3 is 14.8 Å². The van der Waals surface area contributed by atoms with Gasteiger partial charge in [0, 0.05) is 5.56 Å². The van der Waals surface area contributed by atoms with Crippen LogP contribution < -0.4 is 10.1 Å². The molecule has 0 aromatic heterocycles. The third-order valence-corrected chi connectivity index (χ3v) is 3.71. The molecule has 0 heterocycles. The fraction of sp³-hybridized carbons (Fsp3) is 0.467. The van der Waals surface area contributed by atoms with Gasteiger partial charge in [0.15, 0.2) is 0 Å². The number of nitrogens with one attached hydrogen (secondary N) is 1. The summed E-state index contributed by atoms with van der Waals surface area (Å²) in [6.07, 6.45) is 2.34. The van der Waals surface area contributed by atoms with Crippen molar-refractivity contribution in [1.29, 1.82) is 0 Å². The first-order valence-corrected chi connectivity index (χ1v) is 7.55. The first kappa shape index (κ1) is 17.5. The summed E-state index contributed by atoms with van der Waals surface area (Å²) in [7, 11) is 2.84. The molecule has 0 aliphatic heterocycles. The Morgan fingerprint density at radius 3 is 2.62 bits per heavy atom. The highest BCUT2D eigenvalue weighted by molar-refractivity contribution is 9.10. The number of rotatable bonds is 7. The number of benzene rings is 1. The lowest BCUT2D eigenvalue weighted by atomic mass is 10.1. The maximum atomic E-state index is 12.2. The zero-order chi connectivity index (χ0) is 15.8. The van der Waals surface area contributed by atoms with Crippen LogP contribution in [-0.2, 0) is 9.53 Å². The van der Waals surface area contributed by atoms with E-state index < -0.39 is 12.0 Å². The quantitative estimate of drug-likeness (QED) is 0.762. The largest absolute Gasteiger partial charge is 0.496 e. The smallest absolute Gasteiger partial charge is 0.328 e. The first-order chi connectivity index (χ1) is 10.0. The number of carbonyl (C=O) groups is 2. The molecule has 116 valence electrons. The topological polar surface area (TPSA) is 64.6 Å². The van der Waals surface area contributed by atoms with Crippen molar-refractivity contribution in [3.05, 3.63) is 28.2 Å². The Bertz CT molecular complexity index is 504. The zero-order valence-corrected chi connectivity index (χ0v) is 14.0. The third kappa shape index (κ3) is 5.04. The summed E-state index contributed by atoms with van der Waals surface area (Å²) in [5.41, 5.74) is 0.431. The summed E-state index contributed by atoms with van der Waals surface area (Å²) in [6, 6.07) is 4.38. The fourth-order valence-corrected chi connectivity index (χ4v) is 2.25. The average Bonchev–Trinajstić information content (AvgIpc) is 2.50. The fourth-order valence-electron chi connectivity index (χ4n) is 1.84. The van der Waals surface area contributed by atoms with E-state index in [0.29, 0.717) is 17.7 Å². The van der Waals surface area contributed by atoms with E-state index in [2.05, 4.69) is 21.2 Å². The monoisotopic (exact) mass is 357 g/mol. The number of ether oxygens (including phenoxy) is 2. The molecular weight excluding hydrogens is 338 g/mol. The maximum absolute atomic E-state index is 12.2. The molecule has 0 radical (unpaired) electrons. The van der Waals surface area contributed by atoms with E-state index in [1.165, 1.54) is 14.2 Å². The second-order valence-corrected chi connectivity index (χ2v) is 5.40. The van der Waals surface area contributed by atoms with Gasteiger partial charge >= 0.3 is 5.97 Å². The molecule has 21 heavy (non-hydrogen) atoms. The van der Waals surface area contributed by atoms with Gasteiger partial charge in [0.2, 0.25) is 0 Å². The number of methoxy groups -OCH3 is 2. The van der Waals surface area contributed by atoms with Gasteiger partial charge in [-0.25, -0.2) is 4.79 Å². The molecule has 5 nitrogen and oxygen atoms in total. The van der Waals surface area contributed by atoms with Gasteiger partial charge in [0.25, 0.3) is 5.91 Å². The van der Waals surface area contributed by atoms with Gasteiger partial charge in [-0.15, -0.1) is 0 Å². The Hall–Kier alpha value is -1.56. The molecule has 0 aliphatic carbocycles. The molecule has 1 rings (SSSR count). The van der Waals surface area contributed by atoms with E-state index in [-0.39, 0.29) is 5.91 Å². The van der Waals surface area contributed by atoms with E-state index in [9.17, 15) is 9.59 Å². The molecule has 0 saturated carbocycles. The second kappa shape index (κ2) is 8.67. The predicted octanol–water partition coefficient (Wildman–Crippen LogP) is 2.92. The standard InChI is InChI=1S/C15H20BrNO4/c1-4-5-6-12(15(19)21-3)17-14(18)10-7-8-11(16)13(9-10)20-2/h7-9,12H,4-6H2,1-3H3,(H,17,18). The van der Waals surface area contributed by atoms with Crippen molar-refractivity contribution in [3.63, 3.8) is 0 Å². The van der Waals surface area contributed by atoms with Crippen LogP contribution in [0.2, 0.25) is 0 Å². The predicted molar refractivity (Wildman–Crippen MR) is 83.5 cm³/mol. The molecule has 0 saturated heterocycles. The number of amides is 1. The van der Waals surface area contributed by atoms with E-state index in [1.54, 1.807) is 18.2 Å². The van der Waals surface area contributed by atoms with Crippen LogP contribution in [0.1, 0.15) is 36.5 Å². The van der Waals surface area contributed by atoms with Crippen molar-refractivity contribution in [3.8, 4) is 5.75 Å². The normalized spacial score (nSPS) is 11.6. The van der Waals surface area contributed by atoms with Gasteiger partial charge in [-0.2, -0.15) is 0 Å². The minimum atomic E-state index is -0.628. The highest BCUT2D eigenvalue weighted by Gasteiger charge is 2.21. The minimum Gasteiger partial charge on any atom is -0.496 e. The summed E-state index contributed by atoms with van der Waals surface area (Å²) in [5, 5.41) is 2.71. The summed E-state index contributed by atoms with van der Waals surface area (Å²) in [5.74, 6) is -0.195. The highest BCUT2D eigenvalue weighted by atomic mass is 79.9. The molecular formula is C15H20BrNO4. The minimum absolute atomic E-state index is 0.327. The molecule has 1 atom stereocenters. The highest BCUT2D eigenvalue weighted by Crippen LogP contribution is 2.25. The Kier molecular flexibility index (Phi) is 7.22. The Labute approximate surface area is 133 Å². The van der Waals surface area contributed by atoms with Crippen molar-refractivity contribution < 1.29 is 19.1 Å². The van der Waals surface area contributed by atoms with Crippen LogP contribution in [0.25, 0.3) is 0 Å². The molecule has 1 unspecified atom stereocenters. The number of unbranched alkanes of at least 4 members (excludes halogenated alkanes) is 1. The van der Waals surface area contributed by atoms with Crippen molar-refractivity contribution in [1.82, 2.24) is 5.32 Å². The van der Waals surface area contributed by atoms with Crippen molar-refractivity contribution in [2.75, 3.05) is 14.2 Å². The number of hydrogen-bond donors (Lipinski definition) is 1. The van der Waals surface area contributed by atoms with E-state index in [1.807, 2.05) is 6.92 Å². The molecule has 0 aliphatic rings. The summed E-state index contributed by atoms with van der Waals surface area (Å²) in [6.45, 7) is 2.02. The lowest BCUT2D eigenvalue weighted by Crippen LogP contribution is -2.41. The van der Waals surface area contributed by atoms with E-state index in [0.717, 1.165) is 17.3 Å². The van der Waals surface area contributed by atoms with Gasteiger partial charge in [-0.05, 0) is 40.5 Å². The lowest BCUT2D eigenvalue weighted by Gasteiger charge is -2.16. The Morgan fingerprint density at radius 2 is 2.05 bits per heavy atom. The van der Waals surface area contributed by atoms with Crippen molar-refractivity contribution in [2.45, 2.75) is 32.2 Å². The van der Waals surface area contributed by atoms with Crippen LogP contribution in [0.4, 0.5) is 0 Å². The molecule has 0 bridgehead atoms. The number of halogens is 1. The molecule has 1 aromatic carbocycles. The number of esters is 1. The number of hydrogen-bond acceptors (Lipinski definition) is 4. The van der Waals surface area contributed by atoms with Crippen LogP contribution in [0.15, 0.2) is 22.7 Å². The molecule has 1 amide bonds. The van der Waals surface area contributed by atoms with Crippen LogP contribution >= 0.6 is 15.9 Å². The summed E-state index contributed by atoms with van der Waals surface area (Å²) in [4.78, 5) is 23.9. The molecule has 6 heteroatoms. The summed E-state index contributed by atoms with van der Waals surface area (Å²) >= 11 is 3.33. The third-order valence-electron chi connectivity index (χ3n) is 3.05. The average molecular weight is 358 g/mol. The van der Waals surface area contributed by atoms with Crippen molar-refractivity contribution in [2.24, 2.45) is 0 Å². The first-order valence-electron chi connectivity index (χ1n) is 6.75. The molecule has 0 fully saturated rings. The van der Waals surface area contributed by atoms with Crippen LogP contribution in [0, 0.1) is 0 Å². The molecule has 1 aromatic rings. The molecule has 0 spiro atoms. The lowest BCUT2D eigenvalue weighted by molar-refractivity contribution is -0.143. The van der Waals surface area contributed by atoms with E-state index in [4.69, 9.17) is 9.47 Å². The van der Waals surface area contributed by atoms with Gasteiger partial charge in [-0.1, -0.05) is 19.8 Å². The maximum Gasteiger partial charge on any atom is 0.328 e. The van der Waals surface area contributed by atoms with Gasteiger partial charge in [0.1, 0.15) is 11.8 Å². The van der Waals surface area contributed by atoms with Crippen LogP contribution in [0.5, 0.6) is 5.75 Å². The van der Waals surface area contributed by atoms with Crippen molar-refractivity contribution >= 4 is 27.8 Å². The summed E-state index contributed by atoms with van der Waals surface area (Å²) < 4.78 is 10.6. The zero-order valence-electron chi connectivity index (χ0n) is 12.4. The van der Waals surface area contributed by atoms with Gasteiger partial charge in [0.05, 0.1) is 18.7 Å².